The Morgan fingerprint density at radius 2 is 1.83 bits per heavy atom. The van der Waals surface area contributed by atoms with Gasteiger partial charge in [0.15, 0.2) is 5.82 Å². The molecule has 1 N–H and O–H groups in total. The molecule has 3 fully saturated rings. The molecule has 30 heavy (non-hydrogen) atoms. The molecule has 2 unspecified atom stereocenters. The van der Waals surface area contributed by atoms with Crippen molar-refractivity contribution < 1.29 is 9.13 Å². The number of rotatable bonds is 4. The monoisotopic (exact) mass is 407 g/mol. The van der Waals surface area contributed by atoms with Crippen molar-refractivity contribution in [1.29, 1.82) is 0 Å². The molecular formula is C23H26FN5O. The molecule has 3 saturated heterocycles. The summed E-state index contributed by atoms with van der Waals surface area (Å²) in [4.78, 5) is 6.97. The fourth-order valence-electron chi connectivity index (χ4n) is 4.56. The van der Waals surface area contributed by atoms with Gasteiger partial charge in [0.05, 0.1) is 23.9 Å². The predicted octanol–water partition coefficient (Wildman–Crippen LogP) is 4.24. The maximum Gasteiger partial charge on any atom is 0.157 e. The fraction of sp³-hybridized carbons (Fsp3) is 0.435. The second-order valence-electron chi connectivity index (χ2n) is 8.55. The number of hydrogen-bond acceptors (Lipinski definition) is 6. The van der Waals surface area contributed by atoms with E-state index in [-0.39, 0.29) is 11.9 Å². The number of benzene rings is 1. The maximum absolute atomic E-state index is 14.0. The molecule has 0 radical (unpaired) electrons. The van der Waals surface area contributed by atoms with Crippen LogP contribution in [-0.4, -0.2) is 40.5 Å². The zero-order valence-corrected chi connectivity index (χ0v) is 17.7. The Balaban J connectivity index is 1.50. The first-order valence-electron chi connectivity index (χ1n) is 10.5. The third kappa shape index (κ3) is 3.27. The number of morpholine rings is 1. The predicted molar refractivity (Wildman–Crippen MR) is 115 cm³/mol. The average Bonchev–Trinajstić information content (AvgIpc) is 2.72. The van der Waals surface area contributed by atoms with E-state index >= 15 is 0 Å². The SMILES string of the molecule is Cc1cc(F)cc([C@@H](C)Nc2nnc(C)c3cnc(N4CC5CC(C4)O5)cc23)c1C. The summed E-state index contributed by atoms with van der Waals surface area (Å²) in [6, 6.07) is 5.13. The number of aryl methyl sites for hydroxylation is 2. The van der Waals surface area contributed by atoms with Crippen molar-refractivity contribution in [1.82, 2.24) is 15.2 Å². The van der Waals surface area contributed by atoms with Crippen LogP contribution >= 0.6 is 0 Å². The van der Waals surface area contributed by atoms with Crippen molar-refractivity contribution in [2.75, 3.05) is 23.3 Å². The first-order valence-corrected chi connectivity index (χ1v) is 10.5. The van der Waals surface area contributed by atoms with Gasteiger partial charge >= 0.3 is 0 Å². The Morgan fingerprint density at radius 1 is 1.10 bits per heavy atom. The second kappa shape index (κ2) is 7.16. The van der Waals surface area contributed by atoms with Crippen LogP contribution in [0.25, 0.3) is 10.8 Å². The van der Waals surface area contributed by atoms with Crippen LogP contribution in [0.5, 0.6) is 0 Å². The summed E-state index contributed by atoms with van der Waals surface area (Å²) >= 11 is 0. The molecule has 3 aliphatic rings. The van der Waals surface area contributed by atoms with Crippen LogP contribution in [-0.2, 0) is 4.74 Å². The van der Waals surface area contributed by atoms with Crippen LogP contribution in [0.3, 0.4) is 0 Å². The van der Waals surface area contributed by atoms with E-state index in [2.05, 4.69) is 31.5 Å². The van der Waals surface area contributed by atoms with E-state index in [0.717, 1.165) is 58.5 Å². The van der Waals surface area contributed by atoms with E-state index in [0.29, 0.717) is 18.0 Å². The molecule has 1 aromatic carbocycles. The lowest BCUT2D eigenvalue weighted by atomic mass is 9.98. The summed E-state index contributed by atoms with van der Waals surface area (Å²) < 4.78 is 19.8. The molecule has 3 aliphatic heterocycles. The van der Waals surface area contributed by atoms with Gasteiger partial charge in [-0.25, -0.2) is 9.37 Å². The number of piperidine rings is 1. The normalized spacial score (nSPS) is 21.4. The van der Waals surface area contributed by atoms with Crippen molar-refractivity contribution >= 4 is 22.4 Å². The Morgan fingerprint density at radius 3 is 2.57 bits per heavy atom. The molecule has 0 saturated carbocycles. The van der Waals surface area contributed by atoms with Crippen LogP contribution in [0.2, 0.25) is 0 Å². The minimum Gasteiger partial charge on any atom is -0.371 e. The lowest BCUT2D eigenvalue weighted by Gasteiger charge is -2.47. The molecule has 0 spiro atoms. The number of pyridine rings is 1. The molecule has 0 aliphatic carbocycles. The van der Waals surface area contributed by atoms with Gasteiger partial charge in [-0.3, -0.25) is 0 Å². The Hall–Kier alpha value is -2.80. The van der Waals surface area contributed by atoms with Crippen LogP contribution in [0.15, 0.2) is 24.4 Å². The molecule has 3 aromatic rings. The molecule has 7 heteroatoms. The summed E-state index contributed by atoms with van der Waals surface area (Å²) in [6.07, 6.45) is 3.65. The van der Waals surface area contributed by atoms with Crippen molar-refractivity contribution in [3.8, 4) is 0 Å². The lowest BCUT2D eigenvalue weighted by Crippen LogP contribution is -2.57. The molecule has 0 amide bonds. The van der Waals surface area contributed by atoms with Crippen LogP contribution in [0.1, 0.15) is 41.8 Å². The van der Waals surface area contributed by atoms with E-state index < -0.39 is 0 Å². The largest absolute Gasteiger partial charge is 0.371 e. The van der Waals surface area contributed by atoms with Crippen molar-refractivity contribution in [2.24, 2.45) is 0 Å². The first kappa shape index (κ1) is 19.2. The maximum atomic E-state index is 14.0. The van der Waals surface area contributed by atoms with Crippen molar-refractivity contribution in [3.63, 3.8) is 0 Å². The van der Waals surface area contributed by atoms with Crippen LogP contribution in [0.4, 0.5) is 16.0 Å². The Labute approximate surface area is 175 Å². The van der Waals surface area contributed by atoms with E-state index in [1.54, 1.807) is 12.1 Å². The summed E-state index contributed by atoms with van der Waals surface area (Å²) in [5.74, 6) is 1.40. The number of nitrogens with zero attached hydrogens (tertiary/aromatic N) is 4. The highest BCUT2D eigenvalue weighted by atomic mass is 19.1. The van der Waals surface area contributed by atoms with Gasteiger partial charge < -0.3 is 15.0 Å². The Bertz CT molecular complexity index is 1120. The zero-order valence-electron chi connectivity index (χ0n) is 17.7. The zero-order chi connectivity index (χ0) is 21.0. The smallest absolute Gasteiger partial charge is 0.157 e. The average molecular weight is 407 g/mol. The number of halogens is 1. The number of nitrogens with one attached hydrogen (secondary N) is 1. The fourth-order valence-corrected chi connectivity index (χ4v) is 4.56. The number of fused-ring (bicyclic) bond motifs is 3. The first-order chi connectivity index (χ1) is 14.4. The molecule has 5 heterocycles. The van der Waals surface area contributed by atoms with Gasteiger partial charge in [0.25, 0.3) is 0 Å². The summed E-state index contributed by atoms with van der Waals surface area (Å²) in [7, 11) is 0. The van der Waals surface area contributed by atoms with Gasteiger partial charge in [-0.05, 0) is 62.6 Å². The van der Waals surface area contributed by atoms with E-state index in [1.165, 1.54) is 0 Å². The molecular weight excluding hydrogens is 381 g/mol. The van der Waals surface area contributed by atoms with Gasteiger partial charge in [-0.15, -0.1) is 5.10 Å². The quantitative estimate of drug-likeness (QED) is 0.698. The van der Waals surface area contributed by atoms with E-state index in [9.17, 15) is 4.39 Å². The van der Waals surface area contributed by atoms with E-state index in [1.807, 2.05) is 33.9 Å². The van der Waals surface area contributed by atoms with Gasteiger partial charge in [0, 0.05) is 36.5 Å². The number of aromatic nitrogens is 3. The van der Waals surface area contributed by atoms with E-state index in [4.69, 9.17) is 4.74 Å². The van der Waals surface area contributed by atoms with Gasteiger partial charge in [-0.1, -0.05) is 0 Å². The highest BCUT2D eigenvalue weighted by molar-refractivity contribution is 5.94. The topological polar surface area (TPSA) is 63.2 Å². The second-order valence-corrected chi connectivity index (χ2v) is 8.55. The molecule has 6 nitrogen and oxygen atoms in total. The summed E-state index contributed by atoms with van der Waals surface area (Å²) in [6.45, 7) is 9.65. The third-order valence-electron chi connectivity index (χ3n) is 6.41. The highest BCUT2D eigenvalue weighted by Gasteiger charge is 2.38. The third-order valence-corrected chi connectivity index (χ3v) is 6.41. The summed E-state index contributed by atoms with van der Waals surface area (Å²) in [5, 5.41) is 14.1. The molecule has 156 valence electrons. The molecule has 2 bridgehead atoms. The molecule has 6 rings (SSSR count). The minimum absolute atomic E-state index is 0.118. The van der Waals surface area contributed by atoms with Gasteiger partial charge in [-0.2, -0.15) is 5.10 Å². The number of hydrogen-bond donors (Lipinski definition) is 1. The van der Waals surface area contributed by atoms with Gasteiger partial charge in [0.2, 0.25) is 0 Å². The summed E-state index contributed by atoms with van der Waals surface area (Å²) in [5.41, 5.74) is 3.78. The minimum atomic E-state index is -0.223. The molecule has 3 atom stereocenters. The van der Waals surface area contributed by atoms with Gasteiger partial charge in [0.1, 0.15) is 11.6 Å². The van der Waals surface area contributed by atoms with Crippen LogP contribution < -0.4 is 10.2 Å². The standard InChI is InChI=1S/C23H26FN5O/c1-12-5-16(24)6-19(13(12)2)14(3)26-23-20-8-22(25-9-21(20)15(4)27-28-23)29-10-17-7-18(11-29)30-17/h5-6,8-9,14,17-18H,7,10-11H2,1-4H3,(H,26,28)/t14-,17?,18?/m1/s1. The Kier molecular flexibility index (Phi) is 4.58. The number of ether oxygens (including phenoxy) is 1. The van der Waals surface area contributed by atoms with Crippen LogP contribution in [0, 0.1) is 26.6 Å². The highest BCUT2D eigenvalue weighted by Crippen LogP contribution is 2.34. The van der Waals surface area contributed by atoms with Crippen molar-refractivity contribution in [2.45, 2.75) is 52.4 Å². The number of anilines is 2. The lowest BCUT2D eigenvalue weighted by molar-refractivity contribution is -0.133. The molecule has 2 aromatic heterocycles. The van der Waals surface area contributed by atoms with Crippen molar-refractivity contribution in [3.05, 3.63) is 52.6 Å².